The monoisotopic (exact) mass is 321 g/mol. The molecule has 5 nitrogen and oxygen atoms in total. The van der Waals surface area contributed by atoms with Crippen LogP contribution in [0.25, 0.3) is 0 Å². The van der Waals surface area contributed by atoms with Crippen LogP contribution in [-0.2, 0) is 16.0 Å². The first kappa shape index (κ1) is 15.5. The number of hydrogen-bond acceptors (Lipinski definition) is 4. The van der Waals surface area contributed by atoms with Crippen molar-refractivity contribution in [3.63, 3.8) is 0 Å². The van der Waals surface area contributed by atoms with Crippen molar-refractivity contribution in [3.8, 4) is 0 Å². The van der Waals surface area contributed by atoms with E-state index in [1.54, 1.807) is 0 Å². The van der Waals surface area contributed by atoms with Crippen molar-refractivity contribution in [2.75, 3.05) is 18.4 Å². The predicted molar refractivity (Wildman–Crippen MR) is 86.7 cm³/mol. The summed E-state index contributed by atoms with van der Waals surface area (Å²) >= 11 is 1.40. The van der Waals surface area contributed by atoms with Crippen molar-refractivity contribution in [2.24, 2.45) is 17.8 Å². The number of nitrogens with one attached hydrogen (secondary N) is 1. The lowest BCUT2D eigenvalue weighted by atomic mass is 9.92. The second-order valence-electron chi connectivity index (χ2n) is 6.83. The molecule has 1 aliphatic carbocycles. The Morgan fingerprint density at radius 2 is 2.00 bits per heavy atom. The number of likely N-dealkylation sites (tertiary alicyclic amines) is 1. The molecular formula is C16H23N3O2S. The number of anilines is 1. The van der Waals surface area contributed by atoms with Crippen molar-refractivity contribution < 1.29 is 9.59 Å². The summed E-state index contributed by atoms with van der Waals surface area (Å²) in [5, 5.41) is 5.32. The molecule has 2 heterocycles. The van der Waals surface area contributed by atoms with Crippen LogP contribution in [0.15, 0.2) is 5.38 Å². The van der Waals surface area contributed by atoms with E-state index >= 15 is 0 Å². The van der Waals surface area contributed by atoms with E-state index in [1.165, 1.54) is 17.8 Å². The largest absolute Gasteiger partial charge is 0.342 e. The predicted octanol–water partition coefficient (Wildman–Crippen LogP) is 2.54. The van der Waals surface area contributed by atoms with E-state index in [0.29, 0.717) is 23.4 Å². The Hall–Kier alpha value is -1.43. The maximum atomic E-state index is 12.4. The summed E-state index contributed by atoms with van der Waals surface area (Å²) in [6.45, 7) is 6.09. The van der Waals surface area contributed by atoms with Crippen molar-refractivity contribution in [1.82, 2.24) is 9.88 Å². The zero-order chi connectivity index (χ0) is 15.7. The first-order chi connectivity index (χ1) is 10.5. The van der Waals surface area contributed by atoms with Gasteiger partial charge in [0.15, 0.2) is 5.13 Å². The quantitative estimate of drug-likeness (QED) is 0.927. The number of piperidine rings is 1. The molecular weight excluding hydrogens is 298 g/mol. The van der Waals surface area contributed by atoms with E-state index in [-0.39, 0.29) is 17.7 Å². The summed E-state index contributed by atoms with van der Waals surface area (Å²) in [5.41, 5.74) is 0.756. The van der Waals surface area contributed by atoms with Gasteiger partial charge >= 0.3 is 0 Å². The van der Waals surface area contributed by atoms with Crippen LogP contribution in [0.5, 0.6) is 0 Å². The Bertz CT molecular complexity index is 557. The van der Waals surface area contributed by atoms with Gasteiger partial charge in [-0.05, 0) is 31.1 Å². The molecule has 0 spiro atoms. The van der Waals surface area contributed by atoms with Gasteiger partial charge in [-0.25, -0.2) is 4.98 Å². The molecule has 2 fully saturated rings. The molecule has 2 amide bonds. The highest BCUT2D eigenvalue weighted by Crippen LogP contribution is 2.30. The number of thiazole rings is 1. The van der Waals surface area contributed by atoms with Crippen LogP contribution in [0.1, 0.15) is 38.8 Å². The number of rotatable bonds is 4. The summed E-state index contributed by atoms with van der Waals surface area (Å²) in [6, 6.07) is 0. The average molecular weight is 321 g/mol. The van der Waals surface area contributed by atoms with Crippen LogP contribution >= 0.6 is 11.3 Å². The molecule has 0 aromatic carbocycles. The molecule has 0 bridgehead atoms. The van der Waals surface area contributed by atoms with Crippen LogP contribution in [0.2, 0.25) is 0 Å². The van der Waals surface area contributed by atoms with Crippen molar-refractivity contribution >= 4 is 28.3 Å². The zero-order valence-electron chi connectivity index (χ0n) is 13.2. The van der Waals surface area contributed by atoms with Crippen LogP contribution in [0.3, 0.4) is 0 Å². The van der Waals surface area contributed by atoms with Crippen molar-refractivity contribution in [3.05, 3.63) is 11.1 Å². The van der Waals surface area contributed by atoms with Crippen LogP contribution in [0.4, 0.5) is 5.13 Å². The molecule has 120 valence electrons. The highest BCUT2D eigenvalue weighted by molar-refractivity contribution is 7.13. The molecule has 2 aliphatic rings. The van der Waals surface area contributed by atoms with Crippen LogP contribution < -0.4 is 5.32 Å². The smallest absolute Gasteiger partial charge is 0.229 e. The minimum Gasteiger partial charge on any atom is -0.342 e. The molecule has 0 unspecified atom stereocenters. The first-order valence-electron chi connectivity index (χ1n) is 8.04. The molecule has 1 saturated heterocycles. The summed E-state index contributed by atoms with van der Waals surface area (Å²) in [7, 11) is 0. The van der Waals surface area contributed by atoms with Crippen molar-refractivity contribution in [1.29, 1.82) is 0 Å². The summed E-state index contributed by atoms with van der Waals surface area (Å²) < 4.78 is 0. The molecule has 6 heteroatoms. The lowest BCUT2D eigenvalue weighted by Crippen LogP contribution is -2.43. The van der Waals surface area contributed by atoms with Gasteiger partial charge in [0, 0.05) is 24.4 Å². The first-order valence-corrected chi connectivity index (χ1v) is 8.92. The van der Waals surface area contributed by atoms with Gasteiger partial charge in [-0.1, -0.05) is 13.8 Å². The minimum atomic E-state index is 0.0610. The number of aromatic nitrogens is 1. The molecule has 2 atom stereocenters. The normalized spacial score (nSPS) is 25.1. The van der Waals surface area contributed by atoms with Gasteiger partial charge in [-0.3, -0.25) is 9.59 Å². The third-order valence-corrected chi connectivity index (χ3v) is 5.09. The fourth-order valence-corrected chi connectivity index (χ4v) is 3.85. The Morgan fingerprint density at radius 3 is 2.64 bits per heavy atom. The zero-order valence-corrected chi connectivity index (χ0v) is 14.0. The number of carbonyl (C=O) groups is 2. The van der Waals surface area contributed by atoms with E-state index in [0.717, 1.165) is 31.6 Å². The van der Waals surface area contributed by atoms with Gasteiger partial charge in [-0.2, -0.15) is 0 Å². The summed E-state index contributed by atoms with van der Waals surface area (Å²) in [5.74, 6) is 1.51. The SMILES string of the molecule is C[C@H]1C[C@H](C)CN(C(=O)Cc2csc(NC(=O)C3CC3)n2)C1. The second-order valence-corrected chi connectivity index (χ2v) is 7.69. The van der Waals surface area contributed by atoms with E-state index in [4.69, 9.17) is 0 Å². The highest BCUT2D eigenvalue weighted by Gasteiger charge is 2.30. The lowest BCUT2D eigenvalue weighted by molar-refractivity contribution is -0.133. The van der Waals surface area contributed by atoms with Gasteiger partial charge in [0.25, 0.3) is 0 Å². The third kappa shape index (κ3) is 3.85. The Balaban J connectivity index is 1.55. The van der Waals surface area contributed by atoms with Gasteiger partial charge in [0.2, 0.25) is 11.8 Å². The number of carbonyl (C=O) groups excluding carboxylic acids is 2. The topological polar surface area (TPSA) is 62.3 Å². The van der Waals surface area contributed by atoms with E-state index in [1.807, 2.05) is 10.3 Å². The highest BCUT2D eigenvalue weighted by atomic mass is 32.1. The van der Waals surface area contributed by atoms with E-state index < -0.39 is 0 Å². The molecule has 22 heavy (non-hydrogen) atoms. The minimum absolute atomic E-state index is 0.0610. The Kier molecular flexibility index (Phi) is 4.47. The molecule has 1 aromatic rings. The van der Waals surface area contributed by atoms with Gasteiger partial charge in [0.05, 0.1) is 12.1 Å². The average Bonchev–Trinajstić information content (AvgIpc) is 3.21. The molecule has 3 rings (SSSR count). The number of hydrogen-bond donors (Lipinski definition) is 1. The lowest BCUT2D eigenvalue weighted by Gasteiger charge is -2.35. The van der Waals surface area contributed by atoms with Crippen molar-refractivity contribution in [2.45, 2.75) is 39.5 Å². The van der Waals surface area contributed by atoms with E-state index in [9.17, 15) is 9.59 Å². The molecule has 1 aliphatic heterocycles. The fourth-order valence-electron chi connectivity index (χ4n) is 3.13. The molecule has 0 radical (unpaired) electrons. The standard InChI is InChI=1S/C16H23N3O2S/c1-10-5-11(2)8-19(7-10)14(20)6-13-9-22-16(17-13)18-15(21)12-3-4-12/h9-12H,3-8H2,1-2H3,(H,17,18,21)/t10-,11-/m0/s1. The Morgan fingerprint density at radius 1 is 1.32 bits per heavy atom. The number of amides is 2. The third-order valence-electron chi connectivity index (χ3n) is 4.28. The number of nitrogens with zero attached hydrogens (tertiary/aromatic N) is 2. The summed E-state index contributed by atoms with van der Waals surface area (Å²) in [4.78, 5) is 30.4. The summed E-state index contributed by atoms with van der Waals surface area (Å²) in [6.07, 6.45) is 3.48. The van der Waals surface area contributed by atoms with Gasteiger partial charge < -0.3 is 10.2 Å². The second kappa shape index (κ2) is 6.36. The van der Waals surface area contributed by atoms with E-state index in [2.05, 4.69) is 24.1 Å². The molecule has 1 N–H and O–H groups in total. The maximum Gasteiger partial charge on any atom is 0.229 e. The van der Waals surface area contributed by atoms with Crippen LogP contribution in [0, 0.1) is 17.8 Å². The molecule has 1 saturated carbocycles. The molecule has 1 aromatic heterocycles. The Labute approximate surface area is 135 Å². The van der Waals surface area contributed by atoms with Crippen LogP contribution in [-0.4, -0.2) is 34.8 Å². The maximum absolute atomic E-state index is 12.4. The fraction of sp³-hybridized carbons (Fsp3) is 0.688. The van der Waals surface area contributed by atoms with Gasteiger partial charge in [0.1, 0.15) is 0 Å². The van der Waals surface area contributed by atoms with Gasteiger partial charge in [-0.15, -0.1) is 11.3 Å².